The lowest BCUT2D eigenvalue weighted by Gasteiger charge is -2.32. The van der Waals surface area contributed by atoms with Crippen molar-refractivity contribution in [3.05, 3.63) is 33.1 Å². The number of rotatable bonds is 4. The van der Waals surface area contributed by atoms with E-state index in [0.717, 1.165) is 18.2 Å². The van der Waals surface area contributed by atoms with Gasteiger partial charge in [-0.3, -0.25) is 4.79 Å². The van der Waals surface area contributed by atoms with Crippen molar-refractivity contribution in [1.82, 2.24) is 4.90 Å². The predicted octanol–water partition coefficient (Wildman–Crippen LogP) is 3.45. The second-order valence-electron chi connectivity index (χ2n) is 4.68. The minimum atomic E-state index is -0.312. The lowest BCUT2D eigenvalue weighted by atomic mass is 10.1. The topological polar surface area (TPSA) is 29.5 Å². The SMILES string of the molecule is O=C(c1ccc(F)cc1I)N1CCC(OCCBr)CC1. The summed E-state index contributed by atoms with van der Waals surface area (Å²) < 4.78 is 19.4. The van der Waals surface area contributed by atoms with Crippen LogP contribution < -0.4 is 0 Å². The molecule has 1 aliphatic heterocycles. The summed E-state index contributed by atoms with van der Waals surface area (Å²) in [5, 5.41) is 0.833. The van der Waals surface area contributed by atoms with E-state index >= 15 is 0 Å². The third-order valence-electron chi connectivity index (χ3n) is 3.32. The molecule has 1 fully saturated rings. The van der Waals surface area contributed by atoms with E-state index in [2.05, 4.69) is 15.9 Å². The minimum Gasteiger partial charge on any atom is -0.377 e. The number of carbonyl (C=O) groups excluding carboxylic acids is 1. The van der Waals surface area contributed by atoms with Crippen molar-refractivity contribution in [3.63, 3.8) is 0 Å². The molecule has 1 saturated heterocycles. The highest BCUT2D eigenvalue weighted by molar-refractivity contribution is 14.1. The van der Waals surface area contributed by atoms with E-state index in [-0.39, 0.29) is 17.8 Å². The number of ether oxygens (including phenoxy) is 1. The summed E-state index contributed by atoms with van der Waals surface area (Å²) in [5.41, 5.74) is 0.576. The highest BCUT2D eigenvalue weighted by Crippen LogP contribution is 2.20. The van der Waals surface area contributed by atoms with Gasteiger partial charge in [-0.2, -0.15) is 0 Å². The molecule has 110 valence electrons. The molecule has 1 heterocycles. The van der Waals surface area contributed by atoms with Gasteiger partial charge in [-0.05, 0) is 53.6 Å². The van der Waals surface area contributed by atoms with Gasteiger partial charge in [-0.25, -0.2) is 4.39 Å². The van der Waals surface area contributed by atoms with Crippen molar-refractivity contribution >= 4 is 44.4 Å². The van der Waals surface area contributed by atoms with Crippen molar-refractivity contribution in [1.29, 1.82) is 0 Å². The van der Waals surface area contributed by atoms with Crippen LogP contribution in [0.4, 0.5) is 4.39 Å². The number of halogens is 3. The fourth-order valence-electron chi connectivity index (χ4n) is 2.27. The number of hydrogen-bond acceptors (Lipinski definition) is 2. The van der Waals surface area contributed by atoms with Crippen LogP contribution in [0.15, 0.2) is 18.2 Å². The number of piperidine rings is 1. The molecular formula is C14H16BrFINO2. The molecule has 0 saturated carbocycles. The Morgan fingerprint density at radius 2 is 2.15 bits per heavy atom. The first kappa shape index (κ1) is 16.2. The van der Waals surface area contributed by atoms with E-state index in [1.165, 1.54) is 12.1 Å². The van der Waals surface area contributed by atoms with E-state index in [1.807, 2.05) is 27.5 Å². The Balaban J connectivity index is 1.94. The summed E-state index contributed by atoms with van der Waals surface area (Å²) in [4.78, 5) is 14.2. The van der Waals surface area contributed by atoms with Gasteiger partial charge in [0.05, 0.1) is 18.3 Å². The maximum atomic E-state index is 13.1. The number of hydrogen-bond donors (Lipinski definition) is 0. The summed E-state index contributed by atoms with van der Waals surface area (Å²) >= 11 is 5.34. The number of likely N-dealkylation sites (tertiary alicyclic amines) is 1. The van der Waals surface area contributed by atoms with Crippen molar-refractivity contribution in [2.75, 3.05) is 25.0 Å². The second-order valence-corrected chi connectivity index (χ2v) is 6.63. The first-order chi connectivity index (χ1) is 9.61. The average Bonchev–Trinajstić information content (AvgIpc) is 2.45. The zero-order valence-electron chi connectivity index (χ0n) is 10.9. The second kappa shape index (κ2) is 7.70. The van der Waals surface area contributed by atoms with E-state index in [4.69, 9.17) is 4.74 Å². The predicted molar refractivity (Wildman–Crippen MR) is 87.8 cm³/mol. The maximum Gasteiger partial charge on any atom is 0.254 e. The Kier molecular flexibility index (Phi) is 6.22. The van der Waals surface area contributed by atoms with Crippen LogP contribution in [0.3, 0.4) is 0 Å². The van der Waals surface area contributed by atoms with Crippen molar-refractivity contribution in [2.45, 2.75) is 18.9 Å². The fourth-order valence-corrected chi connectivity index (χ4v) is 3.16. The lowest BCUT2D eigenvalue weighted by molar-refractivity contribution is 0.0159. The Morgan fingerprint density at radius 3 is 2.75 bits per heavy atom. The van der Waals surface area contributed by atoms with E-state index in [1.54, 1.807) is 6.07 Å². The van der Waals surface area contributed by atoms with Gasteiger partial charge in [0.25, 0.3) is 5.91 Å². The number of nitrogens with zero attached hydrogens (tertiary/aromatic N) is 1. The highest BCUT2D eigenvalue weighted by atomic mass is 127. The Hall–Kier alpha value is -0.210. The molecule has 0 aromatic heterocycles. The molecule has 20 heavy (non-hydrogen) atoms. The molecule has 6 heteroatoms. The van der Waals surface area contributed by atoms with Gasteiger partial charge in [0.2, 0.25) is 0 Å². The quantitative estimate of drug-likeness (QED) is 0.514. The summed E-state index contributed by atoms with van der Waals surface area (Å²) in [5.74, 6) is -0.332. The molecule has 0 unspecified atom stereocenters. The normalized spacial score (nSPS) is 16.4. The van der Waals surface area contributed by atoms with Crippen LogP contribution in [0, 0.1) is 9.39 Å². The first-order valence-electron chi connectivity index (χ1n) is 6.53. The van der Waals surface area contributed by atoms with Gasteiger partial charge in [0.15, 0.2) is 0 Å². The Morgan fingerprint density at radius 1 is 1.45 bits per heavy atom. The zero-order valence-corrected chi connectivity index (χ0v) is 14.7. The lowest BCUT2D eigenvalue weighted by Crippen LogP contribution is -2.41. The molecular weight excluding hydrogens is 440 g/mol. The molecule has 3 nitrogen and oxygen atoms in total. The van der Waals surface area contributed by atoms with Crippen LogP contribution in [0.2, 0.25) is 0 Å². The molecule has 0 spiro atoms. The van der Waals surface area contributed by atoms with Crippen LogP contribution >= 0.6 is 38.5 Å². The minimum absolute atomic E-state index is 0.0201. The highest BCUT2D eigenvalue weighted by Gasteiger charge is 2.25. The van der Waals surface area contributed by atoms with Crippen LogP contribution in [0.5, 0.6) is 0 Å². The molecule has 0 radical (unpaired) electrons. The first-order valence-corrected chi connectivity index (χ1v) is 8.73. The van der Waals surface area contributed by atoms with Crippen LogP contribution in [-0.2, 0) is 4.74 Å². The van der Waals surface area contributed by atoms with Gasteiger partial charge < -0.3 is 9.64 Å². The molecule has 2 rings (SSSR count). The smallest absolute Gasteiger partial charge is 0.254 e. The number of alkyl halides is 1. The van der Waals surface area contributed by atoms with E-state index < -0.39 is 0 Å². The number of carbonyl (C=O) groups is 1. The molecule has 0 bridgehead atoms. The molecule has 0 N–H and O–H groups in total. The van der Waals surface area contributed by atoms with E-state index in [0.29, 0.717) is 28.8 Å². The van der Waals surface area contributed by atoms with Crippen molar-refractivity contribution < 1.29 is 13.9 Å². The Labute approximate surface area is 140 Å². The summed E-state index contributed by atoms with van der Waals surface area (Å²) in [6, 6.07) is 4.29. The molecule has 1 aromatic carbocycles. The standard InChI is InChI=1S/C14H16BrFINO2/c15-5-8-20-11-3-6-18(7-4-11)14(19)12-2-1-10(16)9-13(12)17/h1-2,9,11H,3-8H2. The van der Waals surface area contributed by atoms with Gasteiger partial charge in [0, 0.05) is 22.0 Å². The summed E-state index contributed by atoms with van der Waals surface area (Å²) in [6.07, 6.45) is 1.96. The molecule has 0 atom stereocenters. The average molecular weight is 456 g/mol. The molecule has 1 aliphatic rings. The molecule has 1 amide bonds. The zero-order chi connectivity index (χ0) is 14.5. The largest absolute Gasteiger partial charge is 0.377 e. The summed E-state index contributed by atoms with van der Waals surface area (Å²) in [6.45, 7) is 2.09. The summed E-state index contributed by atoms with van der Waals surface area (Å²) in [7, 11) is 0. The third-order valence-corrected chi connectivity index (χ3v) is 4.54. The Bertz CT molecular complexity index is 478. The fraction of sp³-hybridized carbons (Fsp3) is 0.500. The van der Waals surface area contributed by atoms with E-state index in [9.17, 15) is 9.18 Å². The van der Waals surface area contributed by atoms with Crippen LogP contribution in [0.25, 0.3) is 0 Å². The van der Waals surface area contributed by atoms with Crippen LogP contribution in [-0.4, -0.2) is 41.9 Å². The monoisotopic (exact) mass is 455 g/mol. The third kappa shape index (κ3) is 4.14. The van der Waals surface area contributed by atoms with Gasteiger partial charge in [-0.15, -0.1) is 0 Å². The maximum absolute atomic E-state index is 13.1. The number of benzene rings is 1. The van der Waals surface area contributed by atoms with Gasteiger partial charge >= 0.3 is 0 Å². The van der Waals surface area contributed by atoms with Crippen molar-refractivity contribution in [3.8, 4) is 0 Å². The van der Waals surface area contributed by atoms with Gasteiger partial charge in [0.1, 0.15) is 5.82 Å². The van der Waals surface area contributed by atoms with Crippen molar-refractivity contribution in [2.24, 2.45) is 0 Å². The van der Waals surface area contributed by atoms with Gasteiger partial charge in [-0.1, -0.05) is 15.9 Å². The molecule has 1 aromatic rings. The van der Waals surface area contributed by atoms with Crippen LogP contribution in [0.1, 0.15) is 23.2 Å². The number of amides is 1. The molecule has 0 aliphatic carbocycles.